The largest absolute Gasteiger partial charge is 0.371 e. The molecule has 0 bridgehead atoms. The highest BCUT2D eigenvalue weighted by atomic mass is 79.9. The van der Waals surface area contributed by atoms with Crippen molar-refractivity contribution >= 4 is 21.6 Å². The van der Waals surface area contributed by atoms with E-state index in [2.05, 4.69) is 65.1 Å². The zero-order valence-corrected chi connectivity index (χ0v) is 14.3. The summed E-state index contributed by atoms with van der Waals surface area (Å²) in [5.41, 5.74) is 2.73. The Labute approximate surface area is 126 Å². The van der Waals surface area contributed by atoms with Crippen LogP contribution < -0.4 is 10.2 Å². The molecule has 0 aliphatic carbocycles. The summed E-state index contributed by atoms with van der Waals surface area (Å²) in [6.07, 6.45) is 2.51. The molecule has 0 fully saturated rings. The van der Waals surface area contributed by atoms with Crippen molar-refractivity contribution in [2.75, 3.05) is 25.0 Å². The molecule has 108 valence electrons. The van der Waals surface area contributed by atoms with Crippen molar-refractivity contribution in [3.63, 3.8) is 0 Å². The molecule has 0 atom stereocenters. The summed E-state index contributed by atoms with van der Waals surface area (Å²) in [5.74, 6) is 0.783. The quantitative estimate of drug-likeness (QED) is 0.760. The average molecular weight is 327 g/mol. The molecule has 0 heterocycles. The van der Waals surface area contributed by atoms with Crippen molar-refractivity contribution in [1.82, 2.24) is 5.32 Å². The van der Waals surface area contributed by atoms with Gasteiger partial charge in [0.2, 0.25) is 0 Å². The van der Waals surface area contributed by atoms with E-state index in [0.29, 0.717) is 0 Å². The Bertz CT molecular complexity index is 375. The summed E-state index contributed by atoms with van der Waals surface area (Å²) in [6, 6.07) is 6.61. The average Bonchev–Trinajstić information content (AvgIpc) is 2.42. The third-order valence-corrected chi connectivity index (χ3v) is 4.26. The van der Waals surface area contributed by atoms with Crippen molar-refractivity contribution in [2.24, 2.45) is 5.92 Å². The molecule has 1 aromatic carbocycles. The van der Waals surface area contributed by atoms with Gasteiger partial charge in [0.1, 0.15) is 0 Å². The maximum atomic E-state index is 3.57. The van der Waals surface area contributed by atoms with Gasteiger partial charge < -0.3 is 10.2 Å². The van der Waals surface area contributed by atoms with Crippen LogP contribution in [0.4, 0.5) is 5.69 Å². The van der Waals surface area contributed by atoms with E-state index in [1.165, 1.54) is 24.1 Å². The lowest BCUT2D eigenvalue weighted by atomic mass is 10.0. The van der Waals surface area contributed by atoms with Gasteiger partial charge in [-0.25, -0.2) is 0 Å². The molecule has 19 heavy (non-hydrogen) atoms. The molecule has 0 aromatic heterocycles. The minimum Gasteiger partial charge on any atom is -0.371 e. The van der Waals surface area contributed by atoms with Gasteiger partial charge in [-0.05, 0) is 43.7 Å². The molecule has 1 N–H and O–H groups in total. The Balaban J connectivity index is 2.96. The molecule has 0 unspecified atom stereocenters. The summed E-state index contributed by atoms with van der Waals surface area (Å²) >= 11 is 3.57. The number of halogens is 1. The Morgan fingerprint density at radius 2 is 1.89 bits per heavy atom. The van der Waals surface area contributed by atoms with Gasteiger partial charge in [0.05, 0.1) is 0 Å². The summed E-state index contributed by atoms with van der Waals surface area (Å²) < 4.78 is 1.15. The molecule has 1 aromatic rings. The first-order chi connectivity index (χ1) is 9.15. The molecule has 0 aliphatic rings. The number of hydrogen-bond acceptors (Lipinski definition) is 2. The van der Waals surface area contributed by atoms with E-state index >= 15 is 0 Å². The summed E-state index contributed by atoms with van der Waals surface area (Å²) in [7, 11) is 2.00. The van der Waals surface area contributed by atoms with Crippen LogP contribution in [0, 0.1) is 5.92 Å². The predicted octanol–water partition coefficient (Wildman–Crippen LogP) is 4.43. The van der Waals surface area contributed by atoms with Crippen LogP contribution in [-0.2, 0) is 6.54 Å². The molecular formula is C16H27BrN2. The topological polar surface area (TPSA) is 15.3 Å². The highest BCUT2D eigenvalue weighted by Crippen LogP contribution is 2.26. The second kappa shape index (κ2) is 8.60. The zero-order chi connectivity index (χ0) is 14.3. The fraction of sp³-hybridized carbons (Fsp3) is 0.625. The van der Waals surface area contributed by atoms with Gasteiger partial charge in [-0.2, -0.15) is 0 Å². The van der Waals surface area contributed by atoms with Crippen molar-refractivity contribution in [3.05, 3.63) is 28.2 Å². The first kappa shape index (κ1) is 16.5. The van der Waals surface area contributed by atoms with Crippen molar-refractivity contribution in [2.45, 2.75) is 40.2 Å². The first-order valence-corrected chi connectivity index (χ1v) is 8.13. The maximum absolute atomic E-state index is 3.57. The van der Waals surface area contributed by atoms with Crippen LogP contribution in [0.15, 0.2) is 22.7 Å². The van der Waals surface area contributed by atoms with Gasteiger partial charge in [-0.15, -0.1) is 0 Å². The normalized spacial score (nSPS) is 11.1. The Morgan fingerprint density at radius 1 is 1.21 bits per heavy atom. The molecule has 3 heteroatoms. The highest BCUT2D eigenvalue weighted by Gasteiger charge is 2.13. The molecule has 0 amide bonds. The number of nitrogens with one attached hydrogen (secondary N) is 1. The van der Waals surface area contributed by atoms with Crippen LogP contribution in [0.5, 0.6) is 0 Å². The van der Waals surface area contributed by atoms with E-state index in [1.807, 2.05) is 7.05 Å². The maximum Gasteiger partial charge on any atom is 0.0412 e. The van der Waals surface area contributed by atoms with E-state index in [0.717, 1.165) is 30.0 Å². The summed E-state index contributed by atoms with van der Waals surface area (Å²) in [5, 5.41) is 3.26. The number of rotatable bonds is 8. The third kappa shape index (κ3) is 4.81. The van der Waals surface area contributed by atoms with Gasteiger partial charge in [0.25, 0.3) is 0 Å². The summed E-state index contributed by atoms with van der Waals surface area (Å²) in [6.45, 7) is 9.95. The minimum atomic E-state index is 0.783. The standard InChI is InChI=1S/C16H27BrN2/c1-5-13(6-2)12-19(7-3)16-9-8-15(17)10-14(16)11-18-4/h8-10,13,18H,5-7,11-12H2,1-4H3. The van der Waals surface area contributed by atoms with E-state index in [1.54, 1.807) is 0 Å². The van der Waals surface area contributed by atoms with Gasteiger partial charge >= 0.3 is 0 Å². The van der Waals surface area contributed by atoms with Gasteiger partial charge in [-0.3, -0.25) is 0 Å². The lowest BCUT2D eigenvalue weighted by molar-refractivity contribution is 0.485. The molecule has 0 aliphatic heterocycles. The molecule has 0 saturated heterocycles. The van der Waals surface area contributed by atoms with Crippen LogP contribution in [0.3, 0.4) is 0 Å². The molecular weight excluding hydrogens is 300 g/mol. The van der Waals surface area contributed by atoms with E-state index in [4.69, 9.17) is 0 Å². The van der Waals surface area contributed by atoms with Crippen LogP contribution in [0.25, 0.3) is 0 Å². The smallest absolute Gasteiger partial charge is 0.0412 e. The lowest BCUT2D eigenvalue weighted by Crippen LogP contribution is -2.30. The fourth-order valence-electron chi connectivity index (χ4n) is 2.45. The summed E-state index contributed by atoms with van der Waals surface area (Å²) in [4.78, 5) is 2.51. The number of nitrogens with zero attached hydrogens (tertiary/aromatic N) is 1. The van der Waals surface area contributed by atoms with Crippen molar-refractivity contribution in [1.29, 1.82) is 0 Å². The zero-order valence-electron chi connectivity index (χ0n) is 12.7. The van der Waals surface area contributed by atoms with E-state index < -0.39 is 0 Å². The number of anilines is 1. The Kier molecular flexibility index (Phi) is 7.47. The predicted molar refractivity (Wildman–Crippen MR) is 88.9 cm³/mol. The first-order valence-electron chi connectivity index (χ1n) is 7.34. The number of hydrogen-bond donors (Lipinski definition) is 1. The SMILES string of the molecule is CCC(CC)CN(CC)c1ccc(Br)cc1CNC. The lowest BCUT2D eigenvalue weighted by Gasteiger charge is -2.29. The minimum absolute atomic E-state index is 0.783. The Hall–Kier alpha value is -0.540. The van der Waals surface area contributed by atoms with Crippen molar-refractivity contribution in [3.8, 4) is 0 Å². The fourth-order valence-corrected chi connectivity index (χ4v) is 2.86. The second-order valence-electron chi connectivity index (χ2n) is 5.02. The molecule has 2 nitrogen and oxygen atoms in total. The molecule has 0 radical (unpaired) electrons. The molecule has 1 rings (SSSR count). The van der Waals surface area contributed by atoms with Crippen LogP contribution >= 0.6 is 15.9 Å². The van der Waals surface area contributed by atoms with E-state index in [9.17, 15) is 0 Å². The molecule has 0 spiro atoms. The van der Waals surface area contributed by atoms with Crippen LogP contribution in [-0.4, -0.2) is 20.1 Å². The van der Waals surface area contributed by atoms with Crippen molar-refractivity contribution < 1.29 is 0 Å². The number of benzene rings is 1. The highest BCUT2D eigenvalue weighted by molar-refractivity contribution is 9.10. The third-order valence-electron chi connectivity index (χ3n) is 3.76. The van der Waals surface area contributed by atoms with Gasteiger partial charge in [0.15, 0.2) is 0 Å². The van der Waals surface area contributed by atoms with Crippen LogP contribution in [0.1, 0.15) is 39.2 Å². The van der Waals surface area contributed by atoms with Gasteiger partial charge in [-0.1, -0.05) is 42.6 Å². The Morgan fingerprint density at radius 3 is 2.42 bits per heavy atom. The monoisotopic (exact) mass is 326 g/mol. The van der Waals surface area contributed by atoms with Crippen LogP contribution in [0.2, 0.25) is 0 Å². The molecule has 0 saturated carbocycles. The van der Waals surface area contributed by atoms with Gasteiger partial charge in [0, 0.05) is 29.8 Å². The second-order valence-corrected chi connectivity index (χ2v) is 5.94. The van der Waals surface area contributed by atoms with E-state index in [-0.39, 0.29) is 0 Å².